The van der Waals surface area contributed by atoms with E-state index >= 15 is 0 Å². The largest absolute Gasteiger partial charge is 0.496 e. The van der Waals surface area contributed by atoms with Gasteiger partial charge in [0.15, 0.2) is 11.6 Å². The fourth-order valence-corrected chi connectivity index (χ4v) is 3.12. The summed E-state index contributed by atoms with van der Waals surface area (Å²) in [5.41, 5.74) is 1.96. The summed E-state index contributed by atoms with van der Waals surface area (Å²) in [7, 11) is 1.68. The van der Waals surface area contributed by atoms with Gasteiger partial charge in [-0.3, -0.25) is 4.98 Å². The lowest BCUT2D eigenvalue weighted by Gasteiger charge is -2.10. The van der Waals surface area contributed by atoms with Gasteiger partial charge in [-0.2, -0.15) is 5.10 Å². The van der Waals surface area contributed by atoms with Crippen molar-refractivity contribution in [3.05, 3.63) is 66.0 Å². The first-order valence-corrected chi connectivity index (χ1v) is 8.45. The Kier molecular flexibility index (Phi) is 4.43. The standard InChI is InChI=1S/C19H20N4O2/c1-24-16-8-3-2-6-14(16)12-18-21-19(17-9-5-11-25-17)23(22-18)15-7-4-10-20-13-15/h2-4,6-8,10,13,17H,5,9,11-12H2,1H3. The summed E-state index contributed by atoms with van der Waals surface area (Å²) >= 11 is 0. The summed E-state index contributed by atoms with van der Waals surface area (Å²) in [6.45, 7) is 0.770. The molecule has 128 valence electrons. The van der Waals surface area contributed by atoms with E-state index in [0.29, 0.717) is 6.42 Å². The predicted octanol–water partition coefficient (Wildman–Crippen LogP) is 3.11. The minimum Gasteiger partial charge on any atom is -0.496 e. The van der Waals surface area contributed by atoms with Crippen molar-refractivity contribution in [3.8, 4) is 11.4 Å². The summed E-state index contributed by atoms with van der Waals surface area (Å²) in [6, 6.07) is 11.8. The van der Waals surface area contributed by atoms with Gasteiger partial charge < -0.3 is 9.47 Å². The molecular formula is C19H20N4O2. The molecule has 1 aliphatic rings. The molecule has 2 aromatic heterocycles. The van der Waals surface area contributed by atoms with Crippen molar-refractivity contribution in [2.45, 2.75) is 25.4 Å². The smallest absolute Gasteiger partial charge is 0.161 e. The fraction of sp³-hybridized carbons (Fsp3) is 0.316. The second-order valence-corrected chi connectivity index (χ2v) is 6.00. The van der Waals surface area contributed by atoms with Gasteiger partial charge in [0, 0.05) is 24.8 Å². The van der Waals surface area contributed by atoms with E-state index in [2.05, 4.69) is 4.98 Å². The van der Waals surface area contributed by atoms with Crippen molar-refractivity contribution in [1.82, 2.24) is 19.7 Å². The Morgan fingerprint density at radius 2 is 2.16 bits per heavy atom. The van der Waals surface area contributed by atoms with Gasteiger partial charge in [-0.05, 0) is 31.0 Å². The fourth-order valence-electron chi connectivity index (χ4n) is 3.12. The molecule has 1 atom stereocenters. The molecule has 6 nitrogen and oxygen atoms in total. The van der Waals surface area contributed by atoms with E-state index in [0.717, 1.165) is 48.1 Å². The lowest BCUT2D eigenvalue weighted by atomic mass is 10.1. The van der Waals surface area contributed by atoms with E-state index in [1.165, 1.54) is 0 Å². The number of benzene rings is 1. The molecule has 3 aromatic rings. The summed E-state index contributed by atoms with van der Waals surface area (Å²) < 4.78 is 13.1. The van der Waals surface area contributed by atoms with Crippen LogP contribution in [0.1, 0.15) is 36.2 Å². The van der Waals surface area contributed by atoms with E-state index in [1.807, 2.05) is 41.1 Å². The summed E-state index contributed by atoms with van der Waals surface area (Å²) in [5.74, 6) is 2.44. The van der Waals surface area contributed by atoms with Crippen molar-refractivity contribution < 1.29 is 9.47 Å². The van der Waals surface area contributed by atoms with Crippen molar-refractivity contribution in [3.63, 3.8) is 0 Å². The second kappa shape index (κ2) is 7.03. The van der Waals surface area contributed by atoms with Crippen LogP contribution in [-0.4, -0.2) is 33.5 Å². The number of nitrogens with zero attached hydrogens (tertiary/aromatic N) is 4. The first-order chi connectivity index (χ1) is 12.3. The molecule has 1 saturated heterocycles. The minimum absolute atomic E-state index is 0.0147. The SMILES string of the molecule is COc1ccccc1Cc1nc(C2CCCO2)n(-c2cccnc2)n1. The number of ether oxygens (including phenoxy) is 2. The molecule has 1 aromatic carbocycles. The molecule has 0 amide bonds. The Morgan fingerprint density at radius 1 is 1.24 bits per heavy atom. The zero-order chi connectivity index (χ0) is 17.1. The van der Waals surface area contributed by atoms with Crippen LogP contribution in [0.2, 0.25) is 0 Å². The third-order valence-corrected chi connectivity index (χ3v) is 4.33. The van der Waals surface area contributed by atoms with Crippen molar-refractivity contribution in [2.75, 3.05) is 13.7 Å². The van der Waals surface area contributed by atoms with Crippen LogP contribution in [0.25, 0.3) is 5.69 Å². The van der Waals surface area contributed by atoms with Gasteiger partial charge in [-0.25, -0.2) is 9.67 Å². The first kappa shape index (κ1) is 15.8. The zero-order valence-electron chi connectivity index (χ0n) is 14.1. The Morgan fingerprint density at radius 3 is 2.92 bits per heavy atom. The maximum Gasteiger partial charge on any atom is 0.161 e. The van der Waals surface area contributed by atoms with E-state index in [-0.39, 0.29) is 6.10 Å². The van der Waals surface area contributed by atoms with E-state index in [9.17, 15) is 0 Å². The van der Waals surface area contributed by atoms with E-state index in [1.54, 1.807) is 19.5 Å². The van der Waals surface area contributed by atoms with Gasteiger partial charge >= 0.3 is 0 Å². The normalized spacial score (nSPS) is 16.9. The number of methoxy groups -OCH3 is 1. The highest BCUT2D eigenvalue weighted by Crippen LogP contribution is 2.29. The van der Waals surface area contributed by atoms with Gasteiger partial charge in [0.1, 0.15) is 11.9 Å². The quantitative estimate of drug-likeness (QED) is 0.716. The number of para-hydroxylation sites is 1. The predicted molar refractivity (Wildman–Crippen MR) is 92.9 cm³/mol. The number of aromatic nitrogens is 4. The molecule has 1 unspecified atom stereocenters. The number of pyridine rings is 1. The highest BCUT2D eigenvalue weighted by molar-refractivity contribution is 5.36. The molecule has 1 fully saturated rings. The van der Waals surface area contributed by atoms with Crippen molar-refractivity contribution in [2.24, 2.45) is 0 Å². The second-order valence-electron chi connectivity index (χ2n) is 6.00. The highest BCUT2D eigenvalue weighted by Gasteiger charge is 2.25. The molecule has 0 aliphatic carbocycles. The van der Waals surface area contributed by atoms with Gasteiger partial charge in [0.25, 0.3) is 0 Å². The summed E-state index contributed by atoms with van der Waals surface area (Å²) in [5, 5.41) is 4.73. The van der Waals surface area contributed by atoms with Gasteiger partial charge in [-0.15, -0.1) is 0 Å². The molecule has 1 aliphatic heterocycles. The number of hydrogen-bond acceptors (Lipinski definition) is 5. The van der Waals surface area contributed by atoms with Crippen molar-refractivity contribution in [1.29, 1.82) is 0 Å². The van der Waals surface area contributed by atoms with Gasteiger partial charge in [-0.1, -0.05) is 18.2 Å². The number of hydrogen-bond donors (Lipinski definition) is 0. The van der Waals surface area contributed by atoms with Crippen LogP contribution in [0.3, 0.4) is 0 Å². The van der Waals surface area contributed by atoms with Gasteiger partial charge in [0.2, 0.25) is 0 Å². The monoisotopic (exact) mass is 336 g/mol. The maximum absolute atomic E-state index is 5.84. The molecule has 25 heavy (non-hydrogen) atoms. The molecule has 3 heterocycles. The lowest BCUT2D eigenvalue weighted by molar-refractivity contribution is 0.103. The molecule has 0 saturated carbocycles. The Balaban J connectivity index is 1.71. The van der Waals surface area contributed by atoms with Crippen LogP contribution in [0.5, 0.6) is 5.75 Å². The maximum atomic E-state index is 5.84. The van der Waals surface area contributed by atoms with Crippen LogP contribution in [0, 0.1) is 0 Å². The number of rotatable bonds is 5. The Labute approximate surface area is 146 Å². The third-order valence-electron chi connectivity index (χ3n) is 4.33. The lowest BCUT2D eigenvalue weighted by Crippen LogP contribution is -2.08. The Hall–Kier alpha value is -2.73. The topological polar surface area (TPSA) is 62.1 Å². The minimum atomic E-state index is -0.0147. The molecule has 0 bridgehead atoms. The van der Waals surface area contributed by atoms with Crippen LogP contribution in [-0.2, 0) is 11.2 Å². The van der Waals surface area contributed by atoms with Crippen molar-refractivity contribution >= 4 is 0 Å². The zero-order valence-corrected chi connectivity index (χ0v) is 14.1. The molecule has 0 spiro atoms. The molecule has 0 radical (unpaired) electrons. The van der Waals surface area contributed by atoms with Gasteiger partial charge in [0.05, 0.1) is 19.0 Å². The van der Waals surface area contributed by atoms with E-state index < -0.39 is 0 Å². The van der Waals surface area contributed by atoms with Crippen LogP contribution in [0.15, 0.2) is 48.8 Å². The molecule has 6 heteroatoms. The molecule has 4 rings (SSSR count). The molecular weight excluding hydrogens is 316 g/mol. The van der Waals surface area contributed by atoms with E-state index in [4.69, 9.17) is 19.6 Å². The summed E-state index contributed by atoms with van der Waals surface area (Å²) in [6.07, 6.45) is 6.15. The van der Waals surface area contributed by atoms with Crippen LogP contribution < -0.4 is 4.74 Å². The first-order valence-electron chi connectivity index (χ1n) is 8.45. The average molecular weight is 336 g/mol. The van der Waals surface area contributed by atoms with Crippen LogP contribution in [0.4, 0.5) is 0 Å². The van der Waals surface area contributed by atoms with Crippen LogP contribution >= 0.6 is 0 Å². The molecule has 0 N–H and O–H groups in total. The summed E-state index contributed by atoms with van der Waals surface area (Å²) in [4.78, 5) is 8.98. The Bertz CT molecular complexity index is 842. The highest BCUT2D eigenvalue weighted by atomic mass is 16.5. The third kappa shape index (κ3) is 3.25. The average Bonchev–Trinajstić information content (AvgIpc) is 3.32.